The number of benzene rings is 2. The number of rotatable bonds is 6. The lowest BCUT2D eigenvalue weighted by atomic mass is 10.1. The maximum atomic E-state index is 5.80. The molecular formula is C18H24N2O. The van der Waals surface area contributed by atoms with E-state index >= 15 is 0 Å². The first kappa shape index (κ1) is 15.4. The summed E-state index contributed by atoms with van der Waals surface area (Å²) in [7, 11) is 1.68. The van der Waals surface area contributed by atoms with E-state index in [1.807, 2.05) is 6.07 Å². The van der Waals surface area contributed by atoms with Crippen molar-refractivity contribution in [3.63, 3.8) is 0 Å². The SMILES string of the molecule is CCN(Cc1ccc(OC)c(CN)c1)c1ccccc1C. The third kappa shape index (κ3) is 3.56. The van der Waals surface area contributed by atoms with Crippen molar-refractivity contribution in [2.75, 3.05) is 18.6 Å². The normalized spacial score (nSPS) is 10.5. The predicted molar refractivity (Wildman–Crippen MR) is 88.8 cm³/mol. The van der Waals surface area contributed by atoms with Crippen LogP contribution in [0.3, 0.4) is 0 Å². The van der Waals surface area contributed by atoms with Gasteiger partial charge in [0.2, 0.25) is 0 Å². The fourth-order valence-electron chi connectivity index (χ4n) is 2.60. The zero-order valence-corrected chi connectivity index (χ0v) is 13.1. The Morgan fingerprint density at radius 1 is 1.14 bits per heavy atom. The lowest BCUT2D eigenvalue weighted by Crippen LogP contribution is -2.23. The zero-order valence-electron chi connectivity index (χ0n) is 13.1. The first-order valence-electron chi connectivity index (χ1n) is 7.36. The van der Waals surface area contributed by atoms with Gasteiger partial charge in [0.05, 0.1) is 7.11 Å². The van der Waals surface area contributed by atoms with Crippen LogP contribution in [-0.2, 0) is 13.1 Å². The van der Waals surface area contributed by atoms with Crippen LogP contribution < -0.4 is 15.4 Å². The Labute approximate surface area is 127 Å². The number of aryl methyl sites for hydroxylation is 1. The van der Waals surface area contributed by atoms with Crippen LogP contribution in [0.5, 0.6) is 5.75 Å². The summed E-state index contributed by atoms with van der Waals surface area (Å²) >= 11 is 0. The van der Waals surface area contributed by atoms with Gasteiger partial charge < -0.3 is 15.4 Å². The summed E-state index contributed by atoms with van der Waals surface area (Å²) in [5, 5.41) is 0. The van der Waals surface area contributed by atoms with E-state index in [1.54, 1.807) is 7.11 Å². The molecule has 2 N–H and O–H groups in total. The van der Waals surface area contributed by atoms with Gasteiger partial charge in [0.15, 0.2) is 0 Å². The van der Waals surface area contributed by atoms with Crippen LogP contribution in [0.15, 0.2) is 42.5 Å². The van der Waals surface area contributed by atoms with Crippen LogP contribution in [0.25, 0.3) is 0 Å². The van der Waals surface area contributed by atoms with Gasteiger partial charge in [-0.2, -0.15) is 0 Å². The maximum Gasteiger partial charge on any atom is 0.123 e. The Balaban J connectivity index is 2.25. The highest BCUT2D eigenvalue weighted by Gasteiger charge is 2.09. The number of ether oxygens (including phenoxy) is 1. The van der Waals surface area contributed by atoms with Crippen LogP contribution >= 0.6 is 0 Å². The number of anilines is 1. The van der Waals surface area contributed by atoms with E-state index in [9.17, 15) is 0 Å². The number of methoxy groups -OCH3 is 1. The molecule has 0 aromatic heterocycles. The largest absolute Gasteiger partial charge is 0.496 e. The molecule has 2 rings (SSSR count). The van der Waals surface area contributed by atoms with Crippen molar-refractivity contribution in [2.24, 2.45) is 5.73 Å². The molecule has 21 heavy (non-hydrogen) atoms. The van der Waals surface area contributed by atoms with Crippen LogP contribution in [0, 0.1) is 6.92 Å². The molecule has 0 unspecified atom stereocenters. The van der Waals surface area contributed by atoms with Gasteiger partial charge in [-0.3, -0.25) is 0 Å². The fourth-order valence-corrected chi connectivity index (χ4v) is 2.60. The fraction of sp³-hybridized carbons (Fsp3) is 0.333. The second-order valence-electron chi connectivity index (χ2n) is 5.15. The molecule has 0 radical (unpaired) electrons. The molecule has 0 aliphatic carbocycles. The number of nitrogens with two attached hydrogens (primary N) is 1. The average Bonchev–Trinajstić information content (AvgIpc) is 2.53. The van der Waals surface area contributed by atoms with Crippen molar-refractivity contribution in [1.29, 1.82) is 0 Å². The highest BCUT2D eigenvalue weighted by Crippen LogP contribution is 2.24. The summed E-state index contributed by atoms with van der Waals surface area (Å²) in [4.78, 5) is 2.37. The second kappa shape index (κ2) is 7.14. The third-order valence-corrected chi connectivity index (χ3v) is 3.78. The molecule has 2 aromatic rings. The Hall–Kier alpha value is -2.00. The van der Waals surface area contributed by atoms with Crippen molar-refractivity contribution in [1.82, 2.24) is 0 Å². The van der Waals surface area contributed by atoms with Gasteiger partial charge in [0.1, 0.15) is 5.75 Å². The minimum Gasteiger partial charge on any atom is -0.496 e. The van der Waals surface area contributed by atoms with E-state index in [1.165, 1.54) is 16.8 Å². The number of para-hydroxylation sites is 1. The molecule has 0 saturated carbocycles. The van der Waals surface area contributed by atoms with E-state index in [4.69, 9.17) is 10.5 Å². The highest BCUT2D eigenvalue weighted by molar-refractivity contribution is 5.53. The zero-order chi connectivity index (χ0) is 15.2. The molecule has 3 nitrogen and oxygen atoms in total. The van der Waals surface area contributed by atoms with E-state index in [-0.39, 0.29) is 0 Å². The summed E-state index contributed by atoms with van der Waals surface area (Å²) in [5.74, 6) is 0.861. The van der Waals surface area contributed by atoms with E-state index in [2.05, 4.69) is 55.1 Å². The molecule has 0 heterocycles. The Bertz CT molecular complexity index is 596. The summed E-state index contributed by atoms with van der Waals surface area (Å²) in [6, 6.07) is 14.7. The van der Waals surface area contributed by atoms with Crippen LogP contribution in [0.2, 0.25) is 0 Å². The molecule has 0 amide bonds. The van der Waals surface area contributed by atoms with Crippen LogP contribution in [0.1, 0.15) is 23.6 Å². The monoisotopic (exact) mass is 284 g/mol. The molecule has 3 heteroatoms. The summed E-state index contributed by atoms with van der Waals surface area (Å²) in [6.45, 7) is 6.66. The van der Waals surface area contributed by atoms with Crippen LogP contribution in [-0.4, -0.2) is 13.7 Å². The minimum atomic E-state index is 0.494. The first-order valence-corrected chi connectivity index (χ1v) is 7.36. The number of nitrogens with zero attached hydrogens (tertiary/aromatic N) is 1. The summed E-state index contributed by atoms with van der Waals surface area (Å²) < 4.78 is 5.33. The molecule has 0 spiro atoms. The van der Waals surface area contributed by atoms with E-state index < -0.39 is 0 Å². The third-order valence-electron chi connectivity index (χ3n) is 3.78. The average molecular weight is 284 g/mol. The predicted octanol–water partition coefficient (Wildman–Crippen LogP) is 3.49. The molecule has 0 aliphatic rings. The maximum absolute atomic E-state index is 5.80. The minimum absolute atomic E-state index is 0.494. The van der Waals surface area contributed by atoms with Crippen LogP contribution in [0.4, 0.5) is 5.69 Å². The standard InChI is InChI=1S/C18H24N2O/c1-4-20(17-8-6-5-7-14(17)2)13-15-9-10-18(21-3)16(11-15)12-19/h5-11H,4,12-13,19H2,1-3H3. The topological polar surface area (TPSA) is 38.5 Å². The first-order chi connectivity index (χ1) is 10.2. The van der Waals surface area contributed by atoms with Crippen molar-refractivity contribution in [3.05, 3.63) is 59.2 Å². The molecule has 0 aliphatic heterocycles. The molecule has 0 atom stereocenters. The van der Waals surface area contributed by atoms with Gasteiger partial charge in [-0.15, -0.1) is 0 Å². The lowest BCUT2D eigenvalue weighted by Gasteiger charge is -2.25. The van der Waals surface area contributed by atoms with Gasteiger partial charge in [0.25, 0.3) is 0 Å². The number of hydrogen-bond donors (Lipinski definition) is 1. The van der Waals surface area contributed by atoms with Gasteiger partial charge in [-0.1, -0.05) is 24.3 Å². The van der Waals surface area contributed by atoms with Gasteiger partial charge in [0, 0.05) is 30.9 Å². The Morgan fingerprint density at radius 3 is 2.52 bits per heavy atom. The van der Waals surface area contributed by atoms with Crippen molar-refractivity contribution in [3.8, 4) is 5.75 Å². The molecule has 0 fully saturated rings. The van der Waals surface area contributed by atoms with Gasteiger partial charge >= 0.3 is 0 Å². The van der Waals surface area contributed by atoms with Crippen molar-refractivity contribution >= 4 is 5.69 Å². The molecular weight excluding hydrogens is 260 g/mol. The summed E-state index contributed by atoms with van der Waals surface area (Å²) in [6.07, 6.45) is 0. The molecule has 0 bridgehead atoms. The molecule has 2 aromatic carbocycles. The van der Waals surface area contributed by atoms with Crippen molar-refractivity contribution in [2.45, 2.75) is 26.9 Å². The molecule has 0 saturated heterocycles. The second-order valence-corrected chi connectivity index (χ2v) is 5.15. The molecule has 112 valence electrons. The van der Waals surface area contributed by atoms with E-state index in [0.29, 0.717) is 6.54 Å². The Morgan fingerprint density at radius 2 is 1.90 bits per heavy atom. The quantitative estimate of drug-likeness (QED) is 0.882. The van der Waals surface area contributed by atoms with Crippen molar-refractivity contribution < 1.29 is 4.74 Å². The van der Waals surface area contributed by atoms with E-state index in [0.717, 1.165) is 24.4 Å². The van der Waals surface area contributed by atoms with Gasteiger partial charge in [-0.05, 0) is 43.2 Å². The lowest BCUT2D eigenvalue weighted by molar-refractivity contribution is 0.409. The highest BCUT2D eigenvalue weighted by atomic mass is 16.5. The van der Waals surface area contributed by atoms with Gasteiger partial charge in [-0.25, -0.2) is 0 Å². The number of hydrogen-bond acceptors (Lipinski definition) is 3. The Kier molecular flexibility index (Phi) is 5.23. The summed E-state index contributed by atoms with van der Waals surface area (Å²) in [5.41, 5.74) is 10.7. The smallest absolute Gasteiger partial charge is 0.123 e.